The van der Waals surface area contributed by atoms with Crippen molar-refractivity contribution in [3.8, 4) is 5.75 Å². The molecule has 0 radical (unpaired) electrons. The molecule has 1 aliphatic heterocycles. The molecule has 6 nitrogen and oxygen atoms in total. The Bertz CT molecular complexity index is 762. The second-order valence-electron chi connectivity index (χ2n) is 7.76. The smallest absolute Gasteiger partial charge is 0.315 e. The highest BCUT2D eigenvalue weighted by Crippen LogP contribution is 2.43. The van der Waals surface area contributed by atoms with Crippen molar-refractivity contribution < 1.29 is 19.2 Å². The number of non-ortho nitro benzene ring substituents is 1. The Morgan fingerprint density at radius 3 is 2.54 bits per heavy atom. The van der Waals surface area contributed by atoms with Crippen LogP contribution in [0.5, 0.6) is 5.75 Å². The predicted octanol–water partition coefficient (Wildman–Crippen LogP) is 5.52. The quantitative estimate of drug-likeness (QED) is 0.132. The molecule has 0 bridgehead atoms. The molecule has 1 aromatic carbocycles. The van der Waals surface area contributed by atoms with Gasteiger partial charge in [0, 0.05) is 12.1 Å². The van der Waals surface area contributed by atoms with Crippen molar-refractivity contribution in [3.63, 3.8) is 0 Å². The Balaban J connectivity index is 1.70. The number of allylic oxidation sites excluding steroid dienone is 3. The highest BCUT2D eigenvalue weighted by molar-refractivity contribution is 5.74. The zero-order valence-corrected chi connectivity index (χ0v) is 17.1. The minimum absolute atomic E-state index is 0.0128. The first-order valence-corrected chi connectivity index (χ1v) is 9.61. The zero-order valence-electron chi connectivity index (χ0n) is 17.1. The molecular formula is C22H29NO5. The van der Waals surface area contributed by atoms with E-state index in [1.54, 1.807) is 0 Å². The number of rotatable bonds is 10. The van der Waals surface area contributed by atoms with Gasteiger partial charge < -0.3 is 9.47 Å². The normalized spacial score (nSPS) is 21.1. The lowest BCUT2D eigenvalue weighted by Gasteiger charge is -2.05. The molecule has 0 amide bonds. The summed E-state index contributed by atoms with van der Waals surface area (Å²) in [5.74, 6) is -0.0809. The van der Waals surface area contributed by atoms with E-state index in [0.717, 1.165) is 31.3 Å². The summed E-state index contributed by atoms with van der Waals surface area (Å²) in [5.41, 5.74) is 2.41. The van der Waals surface area contributed by atoms with Crippen molar-refractivity contribution >= 4 is 11.7 Å². The number of hydrogen-bond acceptors (Lipinski definition) is 5. The molecule has 6 heteroatoms. The maximum Gasteiger partial charge on any atom is 0.315 e. The fourth-order valence-corrected chi connectivity index (χ4v) is 3.05. The Hall–Kier alpha value is -2.47. The number of carbonyl (C=O) groups excluding carboxylic acids is 1. The highest BCUT2D eigenvalue weighted by Gasteiger charge is 2.50. The van der Waals surface area contributed by atoms with Gasteiger partial charge in [-0.1, -0.05) is 23.3 Å². The third-order valence-corrected chi connectivity index (χ3v) is 4.93. The maximum atomic E-state index is 11.9. The summed E-state index contributed by atoms with van der Waals surface area (Å²) in [6, 6.07) is 5.47. The van der Waals surface area contributed by atoms with Crippen molar-refractivity contribution in [2.45, 2.75) is 71.5 Å². The number of nitro benzene ring substituents is 1. The summed E-state index contributed by atoms with van der Waals surface area (Å²) < 4.78 is 11.1. The average Bonchev–Trinajstić information content (AvgIpc) is 3.28. The van der Waals surface area contributed by atoms with Gasteiger partial charge in [-0.2, -0.15) is 0 Å². The van der Waals surface area contributed by atoms with E-state index in [2.05, 4.69) is 26.8 Å². The van der Waals surface area contributed by atoms with E-state index in [0.29, 0.717) is 5.75 Å². The molecule has 152 valence electrons. The second-order valence-corrected chi connectivity index (χ2v) is 7.76. The Kier molecular flexibility index (Phi) is 7.52. The summed E-state index contributed by atoms with van der Waals surface area (Å²) in [4.78, 5) is 22.1. The van der Waals surface area contributed by atoms with E-state index < -0.39 is 4.92 Å². The summed E-state index contributed by atoms with van der Waals surface area (Å²) >= 11 is 0. The Labute approximate surface area is 166 Å². The van der Waals surface area contributed by atoms with Crippen LogP contribution in [0.1, 0.15) is 59.8 Å². The molecular weight excluding hydrogens is 358 g/mol. The first kappa shape index (κ1) is 21.8. The van der Waals surface area contributed by atoms with Crippen LogP contribution in [0.4, 0.5) is 5.69 Å². The van der Waals surface area contributed by atoms with Gasteiger partial charge in [0.2, 0.25) is 0 Å². The molecule has 0 aromatic heterocycles. The fraction of sp³-hybridized carbons (Fsp3) is 0.500. The van der Waals surface area contributed by atoms with Gasteiger partial charge in [0.25, 0.3) is 5.69 Å². The first-order valence-electron chi connectivity index (χ1n) is 9.61. The van der Waals surface area contributed by atoms with Crippen LogP contribution in [-0.4, -0.2) is 22.6 Å². The molecule has 0 aliphatic carbocycles. The van der Waals surface area contributed by atoms with Crippen molar-refractivity contribution in [3.05, 3.63) is 57.7 Å². The molecule has 28 heavy (non-hydrogen) atoms. The van der Waals surface area contributed by atoms with Gasteiger partial charge in [-0.3, -0.25) is 14.9 Å². The maximum absolute atomic E-state index is 11.9. The molecule has 1 aliphatic rings. The lowest BCUT2D eigenvalue weighted by Crippen LogP contribution is -2.09. The van der Waals surface area contributed by atoms with E-state index in [1.807, 2.05) is 13.0 Å². The number of nitrogens with zero attached hydrogens (tertiary/aromatic N) is 1. The molecule has 1 heterocycles. The van der Waals surface area contributed by atoms with Gasteiger partial charge in [0.15, 0.2) is 0 Å². The van der Waals surface area contributed by atoms with E-state index in [-0.39, 0.29) is 29.8 Å². The van der Waals surface area contributed by atoms with Crippen LogP contribution >= 0.6 is 0 Å². The van der Waals surface area contributed by atoms with Crippen LogP contribution < -0.4 is 4.74 Å². The van der Waals surface area contributed by atoms with Gasteiger partial charge in [-0.15, -0.1) is 0 Å². The number of epoxide rings is 1. The first-order chi connectivity index (χ1) is 13.2. The lowest BCUT2D eigenvalue weighted by molar-refractivity contribution is -0.384. The Morgan fingerprint density at radius 1 is 1.25 bits per heavy atom. The summed E-state index contributed by atoms with van der Waals surface area (Å²) in [6.45, 7) is 8.38. The number of hydrogen-bond donors (Lipinski definition) is 0. The van der Waals surface area contributed by atoms with Crippen LogP contribution in [-0.2, 0) is 9.53 Å². The standard InChI is InChI=1S/C22H29NO5/c1-16(2)6-5-15-22(4)20(28-22)13-7-17(3)8-14-21(24)27-19-11-9-18(10-12-19)23(25)26/h6,8-12,20H,5,7,13-15H2,1-4H3/b17-8+/t20-,22-/m1/s1. The SMILES string of the molecule is CC(C)=CCC[C@@]1(C)O[C@@H]1CC/C(C)=C/CC(=O)Oc1ccc([N+](=O)[O-])cc1. The van der Waals surface area contributed by atoms with Gasteiger partial charge in [-0.25, -0.2) is 0 Å². The number of esters is 1. The molecule has 2 rings (SSSR count). The second kappa shape index (κ2) is 9.64. The van der Waals surface area contributed by atoms with E-state index in [9.17, 15) is 14.9 Å². The third kappa shape index (κ3) is 6.93. The minimum Gasteiger partial charge on any atom is -0.426 e. The molecule has 0 unspecified atom stereocenters. The third-order valence-electron chi connectivity index (χ3n) is 4.93. The zero-order chi connectivity index (χ0) is 20.7. The van der Waals surface area contributed by atoms with Crippen LogP contribution in [0.3, 0.4) is 0 Å². The fourth-order valence-electron chi connectivity index (χ4n) is 3.05. The molecule has 0 spiro atoms. The summed E-state index contributed by atoms with van der Waals surface area (Å²) in [7, 11) is 0. The Morgan fingerprint density at radius 2 is 1.93 bits per heavy atom. The number of nitro groups is 1. The van der Waals surface area contributed by atoms with Crippen LogP contribution in [0.2, 0.25) is 0 Å². The largest absolute Gasteiger partial charge is 0.426 e. The lowest BCUT2D eigenvalue weighted by atomic mass is 9.96. The number of carbonyl (C=O) groups is 1. The summed E-state index contributed by atoms with van der Waals surface area (Å²) in [5, 5.41) is 10.6. The molecule has 1 saturated heterocycles. The number of benzene rings is 1. The van der Waals surface area contributed by atoms with Gasteiger partial charge in [0.05, 0.1) is 23.0 Å². The van der Waals surface area contributed by atoms with E-state index in [4.69, 9.17) is 9.47 Å². The molecule has 2 atom stereocenters. The van der Waals surface area contributed by atoms with Crippen molar-refractivity contribution in [1.29, 1.82) is 0 Å². The van der Waals surface area contributed by atoms with Crippen molar-refractivity contribution in [2.24, 2.45) is 0 Å². The average molecular weight is 387 g/mol. The molecule has 1 aromatic rings. The van der Waals surface area contributed by atoms with Crippen molar-refractivity contribution in [1.82, 2.24) is 0 Å². The highest BCUT2D eigenvalue weighted by atomic mass is 16.6. The number of ether oxygens (including phenoxy) is 2. The minimum atomic E-state index is -0.492. The van der Waals surface area contributed by atoms with Crippen LogP contribution in [0, 0.1) is 10.1 Å². The van der Waals surface area contributed by atoms with Crippen LogP contribution in [0.15, 0.2) is 47.6 Å². The topological polar surface area (TPSA) is 82.0 Å². The van der Waals surface area contributed by atoms with Crippen molar-refractivity contribution in [2.75, 3.05) is 0 Å². The van der Waals surface area contributed by atoms with Gasteiger partial charge >= 0.3 is 5.97 Å². The van der Waals surface area contributed by atoms with E-state index >= 15 is 0 Å². The van der Waals surface area contributed by atoms with Crippen LogP contribution in [0.25, 0.3) is 0 Å². The molecule has 0 saturated carbocycles. The monoisotopic (exact) mass is 387 g/mol. The molecule has 1 fully saturated rings. The van der Waals surface area contributed by atoms with Gasteiger partial charge in [-0.05, 0) is 65.5 Å². The summed E-state index contributed by atoms with van der Waals surface area (Å²) in [6.07, 6.45) is 8.48. The molecule has 0 N–H and O–H groups in total. The van der Waals surface area contributed by atoms with E-state index in [1.165, 1.54) is 29.8 Å². The predicted molar refractivity (Wildman–Crippen MR) is 108 cm³/mol. The van der Waals surface area contributed by atoms with Gasteiger partial charge in [0.1, 0.15) is 5.75 Å².